The summed E-state index contributed by atoms with van der Waals surface area (Å²) in [6.45, 7) is 2.06. The summed E-state index contributed by atoms with van der Waals surface area (Å²) in [7, 11) is 0. The Morgan fingerprint density at radius 1 is 1.21 bits per heavy atom. The summed E-state index contributed by atoms with van der Waals surface area (Å²) in [4.78, 5) is 26.2. The SMILES string of the molecule is O=C(NCC1CCN(C(=O)c2ccoc2)CC1)c1cccc(Br)c1. The predicted molar refractivity (Wildman–Crippen MR) is 93.8 cm³/mol. The minimum absolute atomic E-state index is 0.0142. The number of nitrogens with one attached hydrogen (secondary N) is 1. The van der Waals surface area contributed by atoms with Crippen molar-refractivity contribution in [2.45, 2.75) is 12.8 Å². The Balaban J connectivity index is 1.46. The Morgan fingerprint density at radius 3 is 2.67 bits per heavy atom. The van der Waals surface area contributed by atoms with Crippen molar-refractivity contribution >= 4 is 27.7 Å². The Hall–Kier alpha value is -2.08. The number of carbonyl (C=O) groups excluding carboxylic acids is 2. The Labute approximate surface area is 149 Å². The molecule has 1 fully saturated rings. The van der Waals surface area contributed by atoms with Gasteiger partial charge in [-0.3, -0.25) is 9.59 Å². The molecule has 0 unspecified atom stereocenters. The molecule has 1 aromatic heterocycles. The standard InChI is InChI=1S/C18H19BrN2O3/c19-16-3-1-2-14(10-16)17(22)20-11-13-4-7-21(8-5-13)18(23)15-6-9-24-12-15/h1-3,6,9-10,12-13H,4-5,7-8,11H2,(H,20,22). The molecule has 0 radical (unpaired) electrons. The molecule has 1 aliphatic heterocycles. The number of likely N-dealkylation sites (tertiary alicyclic amines) is 1. The van der Waals surface area contributed by atoms with Gasteiger partial charge in [-0.2, -0.15) is 0 Å². The van der Waals surface area contributed by atoms with Crippen molar-refractivity contribution in [3.05, 3.63) is 58.5 Å². The van der Waals surface area contributed by atoms with Crippen molar-refractivity contribution in [1.82, 2.24) is 10.2 Å². The zero-order chi connectivity index (χ0) is 16.9. The number of rotatable bonds is 4. The molecule has 2 heterocycles. The van der Waals surface area contributed by atoms with E-state index in [4.69, 9.17) is 4.42 Å². The molecule has 24 heavy (non-hydrogen) atoms. The molecule has 0 atom stereocenters. The van der Waals surface area contributed by atoms with E-state index in [-0.39, 0.29) is 11.8 Å². The van der Waals surface area contributed by atoms with Crippen LogP contribution in [0.15, 0.2) is 51.7 Å². The average Bonchev–Trinajstić information content (AvgIpc) is 3.14. The normalized spacial score (nSPS) is 15.3. The molecular weight excluding hydrogens is 372 g/mol. The van der Waals surface area contributed by atoms with Gasteiger partial charge in [0.1, 0.15) is 6.26 Å². The average molecular weight is 391 g/mol. The zero-order valence-electron chi connectivity index (χ0n) is 13.2. The van der Waals surface area contributed by atoms with E-state index in [1.54, 1.807) is 12.1 Å². The maximum absolute atomic E-state index is 12.2. The van der Waals surface area contributed by atoms with Crippen LogP contribution in [0.1, 0.15) is 33.6 Å². The molecule has 1 aromatic carbocycles. The van der Waals surface area contributed by atoms with Crippen molar-refractivity contribution < 1.29 is 14.0 Å². The highest BCUT2D eigenvalue weighted by Crippen LogP contribution is 2.19. The fraction of sp³-hybridized carbons (Fsp3) is 0.333. The monoisotopic (exact) mass is 390 g/mol. The summed E-state index contributed by atoms with van der Waals surface area (Å²) in [6, 6.07) is 9.03. The second-order valence-electron chi connectivity index (χ2n) is 5.97. The molecule has 5 nitrogen and oxygen atoms in total. The van der Waals surface area contributed by atoms with Crippen LogP contribution >= 0.6 is 15.9 Å². The van der Waals surface area contributed by atoms with Crippen LogP contribution < -0.4 is 5.32 Å². The first-order valence-electron chi connectivity index (χ1n) is 7.99. The van der Waals surface area contributed by atoms with E-state index >= 15 is 0 Å². The summed E-state index contributed by atoms with van der Waals surface area (Å²) in [5.41, 5.74) is 1.24. The smallest absolute Gasteiger partial charge is 0.257 e. The third-order valence-corrected chi connectivity index (χ3v) is 4.80. The number of hydrogen-bond donors (Lipinski definition) is 1. The molecule has 3 rings (SSSR count). The van der Waals surface area contributed by atoms with Gasteiger partial charge in [-0.05, 0) is 43.0 Å². The topological polar surface area (TPSA) is 62.6 Å². The number of halogens is 1. The zero-order valence-corrected chi connectivity index (χ0v) is 14.8. The van der Waals surface area contributed by atoms with Gasteiger partial charge in [-0.1, -0.05) is 22.0 Å². The molecule has 0 saturated carbocycles. The Morgan fingerprint density at radius 2 is 2.00 bits per heavy atom. The molecule has 1 N–H and O–H groups in total. The third-order valence-electron chi connectivity index (χ3n) is 4.31. The van der Waals surface area contributed by atoms with Crippen molar-refractivity contribution in [2.24, 2.45) is 5.92 Å². The van der Waals surface area contributed by atoms with Gasteiger partial charge < -0.3 is 14.6 Å². The van der Waals surface area contributed by atoms with E-state index in [0.29, 0.717) is 36.7 Å². The summed E-state index contributed by atoms with van der Waals surface area (Å²) < 4.78 is 5.85. The van der Waals surface area contributed by atoms with Crippen molar-refractivity contribution in [3.8, 4) is 0 Å². The summed E-state index contributed by atoms with van der Waals surface area (Å²) in [6.07, 6.45) is 4.77. The molecule has 6 heteroatoms. The first-order chi connectivity index (χ1) is 11.6. The van der Waals surface area contributed by atoms with Crippen LogP contribution in [0.2, 0.25) is 0 Å². The van der Waals surface area contributed by atoms with Crippen LogP contribution in [-0.2, 0) is 0 Å². The number of benzene rings is 1. The van der Waals surface area contributed by atoms with Crippen LogP contribution in [0.5, 0.6) is 0 Å². The quantitative estimate of drug-likeness (QED) is 0.870. The van der Waals surface area contributed by atoms with Crippen LogP contribution in [0.3, 0.4) is 0 Å². The molecule has 0 bridgehead atoms. The van der Waals surface area contributed by atoms with Gasteiger partial charge in [0.15, 0.2) is 0 Å². The van der Waals surface area contributed by atoms with Gasteiger partial charge >= 0.3 is 0 Å². The van der Waals surface area contributed by atoms with Gasteiger partial charge in [0, 0.05) is 29.7 Å². The number of hydrogen-bond acceptors (Lipinski definition) is 3. The Kier molecular flexibility index (Phi) is 5.35. The molecular formula is C18H19BrN2O3. The molecule has 126 valence electrons. The van der Waals surface area contributed by atoms with Crippen LogP contribution in [0.4, 0.5) is 0 Å². The van der Waals surface area contributed by atoms with Gasteiger partial charge in [0.25, 0.3) is 11.8 Å². The second-order valence-corrected chi connectivity index (χ2v) is 6.88. The predicted octanol–water partition coefficient (Wildman–Crippen LogP) is 3.32. The fourth-order valence-electron chi connectivity index (χ4n) is 2.88. The molecule has 2 amide bonds. The lowest BCUT2D eigenvalue weighted by atomic mass is 9.96. The van der Waals surface area contributed by atoms with E-state index in [1.807, 2.05) is 23.1 Å². The first kappa shape index (κ1) is 16.8. The highest BCUT2D eigenvalue weighted by molar-refractivity contribution is 9.10. The number of amides is 2. The maximum Gasteiger partial charge on any atom is 0.257 e. The van der Waals surface area contributed by atoms with E-state index in [9.17, 15) is 9.59 Å². The number of carbonyl (C=O) groups is 2. The minimum Gasteiger partial charge on any atom is -0.472 e. The van der Waals surface area contributed by atoms with Crippen LogP contribution in [-0.4, -0.2) is 36.3 Å². The van der Waals surface area contributed by atoms with E-state index < -0.39 is 0 Å². The lowest BCUT2D eigenvalue weighted by Crippen LogP contribution is -2.41. The van der Waals surface area contributed by atoms with Crippen LogP contribution in [0.25, 0.3) is 0 Å². The summed E-state index contributed by atoms with van der Waals surface area (Å²) in [5, 5.41) is 2.99. The summed E-state index contributed by atoms with van der Waals surface area (Å²) in [5.74, 6) is 0.350. The molecule has 1 aliphatic rings. The van der Waals surface area contributed by atoms with E-state index in [2.05, 4.69) is 21.2 Å². The largest absolute Gasteiger partial charge is 0.472 e. The van der Waals surface area contributed by atoms with Gasteiger partial charge in [0.05, 0.1) is 11.8 Å². The highest BCUT2D eigenvalue weighted by Gasteiger charge is 2.24. The van der Waals surface area contributed by atoms with E-state index in [1.165, 1.54) is 12.5 Å². The number of nitrogens with zero attached hydrogens (tertiary/aromatic N) is 1. The minimum atomic E-state index is -0.0618. The Bertz CT molecular complexity index is 707. The van der Waals surface area contributed by atoms with Gasteiger partial charge in [0.2, 0.25) is 0 Å². The second kappa shape index (κ2) is 7.66. The van der Waals surface area contributed by atoms with Crippen LogP contribution in [0, 0.1) is 5.92 Å². The van der Waals surface area contributed by atoms with Crippen molar-refractivity contribution in [3.63, 3.8) is 0 Å². The maximum atomic E-state index is 12.2. The first-order valence-corrected chi connectivity index (χ1v) is 8.78. The third kappa shape index (κ3) is 4.06. The lowest BCUT2D eigenvalue weighted by molar-refractivity contribution is 0.0683. The molecule has 0 aliphatic carbocycles. The summed E-state index contributed by atoms with van der Waals surface area (Å²) >= 11 is 3.37. The lowest BCUT2D eigenvalue weighted by Gasteiger charge is -2.31. The van der Waals surface area contributed by atoms with E-state index in [0.717, 1.165) is 17.3 Å². The molecule has 2 aromatic rings. The highest BCUT2D eigenvalue weighted by atomic mass is 79.9. The fourth-order valence-corrected chi connectivity index (χ4v) is 3.28. The van der Waals surface area contributed by atoms with Gasteiger partial charge in [-0.15, -0.1) is 0 Å². The van der Waals surface area contributed by atoms with Crippen molar-refractivity contribution in [1.29, 1.82) is 0 Å². The van der Waals surface area contributed by atoms with Crippen molar-refractivity contribution in [2.75, 3.05) is 19.6 Å². The number of piperidine rings is 1. The number of furan rings is 1. The molecule has 1 saturated heterocycles. The molecule has 0 spiro atoms. The van der Waals surface area contributed by atoms with Gasteiger partial charge in [-0.25, -0.2) is 0 Å².